The summed E-state index contributed by atoms with van der Waals surface area (Å²) in [6.45, 7) is 4.77. The normalized spacial score (nSPS) is 21.5. The maximum absolute atomic E-state index is 4.34. The average molecular weight is 328 g/mol. The van der Waals surface area contributed by atoms with Crippen molar-refractivity contribution < 1.29 is 0 Å². The fraction of sp³-hybridized carbons (Fsp3) is 0.688. The zero-order valence-electron chi connectivity index (χ0n) is 14.3. The van der Waals surface area contributed by atoms with E-state index in [0.29, 0.717) is 12.1 Å². The second kappa shape index (κ2) is 6.43. The van der Waals surface area contributed by atoms with Crippen molar-refractivity contribution in [2.75, 3.05) is 25.0 Å². The standard InChI is InChI=1S/C16H24N8/c1-12-5-8-15(18-17-12)23-9-3-4-14(10-23)22(2)11-16-19-20-21-24(16)13-6-7-13/h5,8,13-14H,3-4,6-7,9-11H2,1-2H3. The average Bonchev–Trinajstić information content (AvgIpc) is 3.35. The number of anilines is 1. The van der Waals surface area contributed by atoms with E-state index in [0.717, 1.165) is 43.4 Å². The van der Waals surface area contributed by atoms with Crippen LogP contribution < -0.4 is 4.90 Å². The zero-order chi connectivity index (χ0) is 16.5. The Bertz CT molecular complexity index is 678. The first kappa shape index (κ1) is 15.4. The molecule has 2 aliphatic rings. The number of tetrazole rings is 1. The van der Waals surface area contributed by atoms with Gasteiger partial charge in [0, 0.05) is 19.1 Å². The van der Waals surface area contributed by atoms with Crippen molar-refractivity contribution in [2.24, 2.45) is 0 Å². The number of likely N-dealkylation sites (N-methyl/N-ethyl adjacent to an activating group) is 1. The van der Waals surface area contributed by atoms with Crippen LogP contribution in [0.1, 0.15) is 43.2 Å². The lowest BCUT2D eigenvalue weighted by Gasteiger charge is -2.37. The van der Waals surface area contributed by atoms with Gasteiger partial charge < -0.3 is 4.90 Å². The van der Waals surface area contributed by atoms with Gasteiger partial charge in [-0.2, -0.15) is 5.10 Å². The van der Waals surface area contributed by atoms with Crippen LogP contribution in [-0.4, -0.2) is 61.5 Å². The molecule has 1 aliphatic heterocycles. The summed E-state index contributed by atoms with van der Waals surface area (Å²) in [7, 11) is 2.17. The summed E-state index contributed by atoms with van der Waals surface area (Å²) in [4.78, 5) is 4.71. The number of hydrogen-bond acceptors (Lipinski definition) is 7. The number of piperidine rings is 1. The first-order valence-corrected chi connectivity index (χ1v) is 8.73. The van der Waals surface area contributed by atoms with Crippen molar-refractivity contribution in [3.05, 3.63) is 23.7 Å². The van der Waals surface area contributed by atoms with Gasteiger partial charge in [0.25, 0.3) is 0 Å². The van der Waals surface area contributed by atoms with E-state index in [1.165, 1.54) is 19.3 Å². The third kappa shape index (κ3) is 3.24. The lowest BCUT2D eigenvalue weighted by Crippen LogP contribution is -2.46. The second-order valence-electron chi connectivity index (χ2n) is 6.96. The lowest BCUT2D eigenvalue weighted by molar-refractivity contribution is 0.199. The van der Waals surface area contributed by atoms with Crippen LogP contribution in [0, 0.1) is 6.92 Å². The molecule has 4 rings (SSSR count). The molecule has 0 amide bonds. The van der Waals surface area contributed by atoms with E-state index in [2.05, 4.69) is 48.6 Å². The molecule has 0 bridgehead atoms. The smallest absolute Gasteiger partial charge is 0.165 e. The van der Waals surface area contributed by atoms with Crippen LogP contribution in [0.25, 0.3) is 0 Å². The van der Waals surface area contributed by atoms with Gasteiger partial charge in [0.15, 0.2) is 11.6 Å². The van der Waals surface area contributed by atoms with E-state index in [-0.39, 0.29) is 0 Å². The van der Waals surface area contributed by atoms with Crippen LogP contribution in [0.4, 0.5) is 5.82 Å². The number of aromatic nitrogens is 6. The molecule has 0 spiro atoms. The van der Waals surface area contributed by atoms with E-state index < -0.39 is 0 Å². The Morgan fingerprint density at radius 2 is 2.04 bits per heavy atom. The highest BCUT2D eigenvalue weighted by Gasteiger charge is 2.30. The van der Waals surface area contributed by atoms with Crippen LogP contribution in [0.15, 0.2) is 12.1 Å². The summed E-state index contributed by atoms with van der Waals surface area (Å²) in [6.07, 6.45) is 4.76. The molecule has 3 heterocycles. The molecule has 0 aromatic carbocycles. The molecular formula is C16H24N8. The van der Waals surface area contributed by atoms with E-state index in [1.54, 1.807) is 0 Å². The lowest BCUT2D eigenvalue weighted by atomic mass is 10.0. The Morgan fingerprint density at radius 1 is 1.17 bits per heavy atom. The summed E-state index contributed by atoms with van der Waals surface area (Å²) >= 11 is 0. The van der Waals surface area contributed by atoms with Gasteiger partial charge in [0.2, 0.25) is 0 Å². The van der Waals surface area contributed by atoms with Gasteiger partial charge in [-0.25, -0.2) is 4.68 Å². The monoisotopic (exact) mass is 328 g/mol. The summed E-state index contributed by atoms with van der Waals surface area (Å²) in [5.41, 5.74) is 0.955. The SMILES string of the molecule is Cc1ccc(N2CCCC(N(C)Cc3nnnn3C3CC3)C2)nn1. The zero-order valence-corrected chi connectivity index (χ0v) is 14.3. The van der Waals surface area contributed by atoms with Crippen molar-refractivity contribution >= 4 is 5.82 Å². The third-order valence-corrected chi connectivity index (χ3v) is 4.97. The van der Waals surface area contributed by atoms with Gasteiger partial charge in [-0.3, -0.25) is 4.90 Å². The van der Waals surface area contributed by atoms with Crippen molar-refractivity contribution in [3.63, 3.8) is 0 Å². The molecule has 1 unspecified atom stereocenters. The summed E-state index contributed by atoms with van der Waals surface area (Å²) in [5, 5.41) is 20.8. The van der Waals surface area contributed by atoms with Gasteiger partial charge in [-0.1, -0.05) is 0 Å². The highest BCUT2D eigenvalue weighted by atomic mass is 15.6. The Morgan fingerprint density at radius 3 is 2.79 bits per heavy atom. The molecule has 2 aromatic rings. The topological polar surface area (TPSA) is 75.9 Å². The fourth-order valence-electron chi connectivity index (χ4n) is 3.35. The van der Waals surface area contributed by atoms with Crippen molar-refractivity contribution in [2.45, 2.75) is 51.2 Å². The Labute approximate surface area is 141 Å². The molecule has 2 aromatic heterocycles. The minimum absolute atomic E-state index is 0.478. The van der Waals surface area contributed by atoms with Crippen LogP contribution in [0.5, 0.6) is 0 Å². The summed E-state index contributed by atoms with van der Waals surface area (Å²) in [5.74, 6) is 1.95. The molecule has 0 N–H and O–H groups in total. The van der Waals surface area contributed by atoms with Crippen LogP contribution in [0.3, 0.4) is 0 Å². The number of hydrogen-bond donors (Lipinski definition) is 0. The molecule has 1 saturated carbocycles. The molecule has 1 saturated heterocycles. The van der Waals surface area contributed by atoms with Gasteiger partial charge in [-0.05, 0) is 62.2 Å². The van der Waals surface area contributed by atoms with Gasteiger partial charge in [0.1, 0.15) is 0 Å². The van der Waals surface area contributed by atoms with Gasteiger partial charge in [0.05, 0.1) is 18.3 Å². The van der Waals surface area contributed by atoms with Crippen LogP contribution in [-0.2, 0) is 6.54 Å². The molecule has 8 heteroatoms. The van der Waals surface area contributed by atoms with Gasteiger partial charge in [-0.15, -0.1) is 10.2 Å². The van der Waals surface area contributed by atoms with Gasteiger partial charge >= 0.3 is 0 Å². The highest BCUT2D eigenvalue weighted by Crippen LogP contribution is 2.34. The van der Waals surface area contributed by atoms with Crippen molar-refractivity contribution in [3.8, 4) is 0 Å². The minimum Gasteiger partial charge on any atom is -0.354 e. The molecule has 2 fully saturated rings. The molecule has 1 atom stereocenters. The van der Waals surface area contributed by atoms with E-state index in [1.807, 2.05) is 17.7 Å². The van der Waals surface area contributed by atoms with Crippen molar-refractivity contribution in [1.82, 2.24) is 35.3 Å². The number of aryl methyl sites for hydroxylation is 1. The van der Waals surface area contributed by atoms with Crippen LogP contribution in [0.2, 0.25) is 0 Å². The quantitative estimate of drug-likeness (QED) is 0.816. The molecule has 128 valence electrons. The first-order chi connectivity index (χ1) is 11.7. The largest absolute Gasteiger partial charge is 0.354 e. The second-order valence-corrected chi connectivity index (χ2v) is 6.96. The Balaban J connectivity index is 1.41. The molecule has 1 aliphatic carbocycles. The van der Waals surface area contributed by atoms with E-state index >= 15 is 0 Å². The van der Waals surface area contributed by atoms with E-state index in [9.17, 15) is 0 Å². The molecular weight excluding hydrogens is 304 g/mol. The number of rotatable bonds is 5. The first-order valence-electron chi connectivity index (χ1n) is 8.73. The third-order valence-electron chi connectivity index (χ3n) is 4.97. The molecule has 8 nitrogen and oxygen atoms in total. The van der Waals surface area contributed by atoms with E-state index in [4.69, 9.17) is 0 Å². The van der Waals surface area contributed by atoms with Crippen LogP contribution >= 0.6 is 0 Å². The predicted molar refractivity (Wildman–Crippen MR) is 89.6 cm³/mol. The predicted octanol–water partition coefficient (Wildman–Crippen LogP) is 1.21. The Kier molecular flexibility index (Phi) is 4.13. The highest BCUT2D eigenvalue weighted by molar-refractivity contribution is 5.38. The number of nitrogens with zero attached hydrogens (tertiary/aromatic N) is 8. The summed E-state index contributed by atoms with van der Waals surface area (Å²) < 4.78 is 2.00. The maximum Gasteiger partial charge on any atom is 0.165 e. The molecule has 24 heavy (non-hydrogen) atoms. The Hall–Kier alpha value is -2.09. The molecule has 0 radical (unpaired) electrons. The van der Waals surface area contributed by atoms with Crippen molar-refractivity contribution in [1.29, 1.82) is 0 Å². The maximum atomic E-state index is 4.34. The fourth-order valence-corrected chi connectivity index (χ4v) is 3.35. The summed E-state index contributed by atoms with van der Waals surface area (Å²) in [6, 6.07) is 5.10. The minimum atomic E-state index is 0.478.